The molecule has 3 nitrogen and oxygen atoms in total. The maximum atomic E-state index is 11.9. The quantitative estimate of drug-likeness (QED) is 0.804. The number of thiophene rings is 1. The number of piperidine rings is 1. The molecule has 1 amide bonds. The summed E-state index contributed by atoms with van der Waals surface area (Å²) in [7, 11) is 0. The SMILES string of the molecule is CC1NCCCC1NC(=O)c1csc(I)c1. The van der Waals surface area contributed by atoms with Crippen LogP contribution in [0.1, 0.15) is 30.1 Å². The molecule has 0 radical (unpaired) electrons. The Kier molecular flexibility index (Phi) is 4.21. The molecule has 0 bridgehead atoms. The maximum Gasteiger partial charge on any atom is 0.252 e. The van der Waals surface area contributed by atoms with Crippen molar-refractivity contribution in [1.29, 1.82) is 0 Å². The van der Waals surface area contributed by atoms with Gasteiger partial charge in [0.25, 0.3) is 5.91 Å². The van der Waals surface area contributed by atoms with E-state index in [4.69, 9.17) is 0 Å². The zero-order chi connectivity index (χ0) is 11.5. The van der Waals surface area contributed by atoms with Crippen LogP contribution in [0.2, 0.25) is 0 Å². The first-order valence-corrected chi connectivity index (χ1v) is 7.41. The number of hydrogen-bond acceptors (Lipinski definition) is 3. The van der Waals surface area contributed by atoms with Crippen LogP contribution in [0.4, 0.5) is 0 Å². The van der Waals surface area contributed by atoms with E-state index >= 15 is 0 Å². The predicted molar refractivity (Wildman–Crippen MR) is 75.0 cm³/mol. The monoisotopic (exact) mass is 350 g/mol. The number of carbonyl (C=O) groups excluding carboxylic acids is 1. The van der Waals surface area contributed by atoms with Crippen molar-refractivity contribution in [3.05, 3.63) is 19.9 Å². The second-order valence-corrected chi connectivity index (χ2v) is 6.91. The van der Waals surface area contributed by atoms with Crippen LogP contribution in [0.3, 0.4) is 0 Å². The van der Waals surface area contributed by atoms with E-state index in [2.05, 4.69) is 40.1 Å². The van der Waals surface area contributed by atoms with E-state index in [1.807, 2.05) is 11.4 Å². The van der Waals surface area contributed by atoms with Gasteiger partial charge in [-0.2, -0.15) is 0 Å². The van der Waals surface area contributed by atoms with Gasteiger partial charge in [0, 0.05) is 17.5 Å². The van der Waals surface area contributed by atoms with Gasteiger partial charge in [0.1, 0.15) is 0 Å². The molecule has 2 rings (SSSR count). The molecule has 2 atom stereocenters. The molecule has 1 aromatic rings. The summed E-state index contributed by atoms with van der Waals surface area (Å²) >= 11 is 3.84. The van der Waals surface area contributed by atoms with Crippen molar-refractivity contribution >= 4 is 39.8 Å². The largest absolute Gasteiger partial charge is 0.348 e. The molecular formula is C11H15IN2OS. The summed E-state index contributed by atoms with van der Waals surface area (Å²) in [5, 5.41) is 8.40. The highest BCUT2D eigenvalue weighted by Gasteiger charge is 2.22. The molecule has 88 valence electrons. The lowest BCUT2D eigenvalue weighted by atomic mass is 10.00. The van der Waals surface area contributed by atoms with Crippen molar-refractivity contribution in [2.24, 2.45) is 0 Å². The van der Waals surface area contributed by atoms with E-state index in [0.717, 1.165) is 27.8 Å². The van der Waals surface area contributed by atoms with E-state index in [0.29, 0.717) is 6.04 Å². The molecule has 1 aliphatic rings. The molecule has 0 aliphatic carbocycles. The smallest absolute Gasteiger partial charge is 0.252 e. The fraction of sp³-hybridized carbons (Fsp3) is 0.545. The van der Waals surface area contributed by atoms with Crippen molar-refractivity contribution < 1.29 is 4.79 Å². The van der Waals surface area contributed by atoms with Gasteiger partial charge in [-0.3, -0.25) is 4.79 Å². The van der Waals surface area contributed by atoms with Crippen molar-refractivity contribution in [1.82, 2.24) is 10.6 Å². The van der Waals surface area contributed by atoms with Crippen LogP contribution < -0.4 is 10.6 Å². The second-order valence-electron chi connectivity index (χ2n) is 4.10. The highest BCUT2D eigenvalue weighted by molar-refractivity contribution is 14.1. The van der Waals surface area contributed by atoms with E-state index in [9.17, 15) is 4.79 Å². The summed E-state index contributed by atoms with van der Waals surface area (Å²) in [6, 6.07) is 2.57. The molecule has 5 heteroatoms. The molecule has 0 saturated carbocycles. The summed E-state index contributed by atoms with van der Waals surface area (Å²) in [4.78, 5) is 11.9. The van der Waals surface area contributed by atoms with Crippen LogP contribution in [0.25, 0.3) is 0 Å². The first-order valence-electron chi connectivity index (χ1n) is 5.45. The Morgan fingerprint density at radius 1 is 1.69 bits per heavy atom. The Bertz CT molecular complexity index is 380. The molecule has 0 spiro atoms. The molecule has 0 aromatic carbocycles. The lowest BCUT2D eigenvalue weighted by Crippen LogP contribution is -2.51. The van der Waals surface area contributed by atoms with Crippen LogP contribution in [0.15, 0.2) is 11.4 Å². The molecule has 2 heterocycles. The topological polar surface area (TPSA) is 41.1 Å². The average Bonchev–Trinajstić information content (AvgIpc) is 2.68. The van der Waals surface area contributed by atoms with Gasteiger partial charge in [0.15, 0.2) is 0 Å². The van der Waals surface area contributed by atoms with Gasteiger partial charge in [-0.15, -0.1) is 11.3 Å². The lowest BCUT2D eigenvalue weighted by molar-refractivity contribution is 0.0920. The van der Waals surface area contributed by atoms with Crippen molar-refractivity contribution in [3.8, 4) is 0 Å². The Labute approximate surface area is 113 Å². The zero-order valence-corrected chi connectivity index (χ0v) is 12.1. The fourth-order valence-corrected chi connectivity index (χ4v) is 3.25. The lowest BCUT2D eigenvalue weighted by Gasteiger charge is -2.30. The third kappa shape index (κ3) is 2.95. The third-order valence-electron chi connectivity index (χ3n) is 2.91. The normalized spacial score (nSPS) is 25.4. The summed E-state index contributed by atoms with van der Waals surface area (Å²) < 4.78 is 1.15. The average molecular weight is 350 g/mol. The van der Waals surface area contributed by atoms with Crippen LogP contribution in [-0.2, 0) is 0 Å². The molecule has 16 heavy (non-hydrogen) atoms. The van der Waals surface area contributed by atoms with Crippen molar-refractivity contribution in [2.75, 3.05) is 6.54 Å². The van der Waals surface area contributed by atoms with Crippen LogP contribution in [0.5, 0.6) is 0 Å². The number of rotatable bonds is 2. The van der Waals surface area contributed by atoms with Crippen molar-refractivity contribution in [2.45, 2.75) is 31.8 Å². The minimum Gasteiger partial charge on any atom is -0.348 e. The van der Waals surface area contributed by atoms with Gasteiger partial charge in [0.05, 0.1) is 8.45 Å². The highest BCUT2D eigenvalue weighted by Crippen LogP contribution is 2.17. The van der Waals surface area contributed by atoms with Gasteiger partial charge in [-0.1, -0.05) is 0 Å². The summed E-state index contributed by atoms with van der Waals surface area (Å²) in [5.41, 5.74) is 0.784. The Morgan fingerprint density at radius 3 is 3.12 bits per heavy atom. The standard InChI is InChI=1S/C11H15IN2OS/c1-7-9(3-2-4-13-7)14-11(15)8-5-10(12)16-6-8/h5-7,9,13H,2-4H2,1H3,(H,14,15). The molecule has 2 N–H and O–H groups in total. The number of halogens is 1. The van der Waals surface area contributed by atoms with Gasteiger partial charge >= 0.3 is 0 Å². The first kappa shape index (κ1) is 12.3. The zero-order valence-electron chi connectivity index (χ0n) is 9.13. The first-order chi connectivity index (χ1) is 7.66. The van der Waals surface area contributed by atoms with Crippen LogP contribution in [-0.4, -0.2) is 24.5 Å². The van der Waals surface area contributed by atoms with Gasteiger partial charge in [-0.05, 0) is 55.0 Å². The molecule has 1 aromatic heterocycles. The summed E-state index contributed by atoms with van der Waals surface area (Å²) in [5.74, 6) is 0.0553. The fourth-order valence-electron chi connectivity index (χ4n) is 1.92. The Morgan fingerprint density at radius 2 is 2.50 bits per heavy atom. The Hall–Kier alpha value is -0.140. The number of nitrogens with one attached hydrogen (secondary N) is 2. The highest BCUT2D eigenvalue weighted by atomic mass is 127. The molecule has 1 saturated heterocycles. The van der Waals surface area contributed by atoms with E-state index in [-0.39, 0.29) is 11.9 Å². The van der Waals surface area contributed by atoms with Gasteiger partial charge in [-0.25, -0.2) is 0 Å². The number of amides is 1. The molecule has 1 aliphatic heterocycles. The summed E-state index contributed by atoms with van der Waals surface area (Å²) in [6.45, 7) is 3.19. The number of carbonyl (C=O) groups is 1. The molecule has 2 unspecified atom stereocenters. The van der Waals surface area contributed by atoms with E-state index in [1.165, 1.54) is 0 Å². The second kappa shape index (κ2) is 5.46. The third-order valence-corrected chi connectivity index (χ3v) is 4.70. The number of hydrogen-bond donors (Lipinski definition) is 2. The maximum absolute atomic E-state index is 11.9. The Balaban J connectivity index is 1.96. The van der Waals surface area contributed by atoms with Crippen molar-refractivity contribution in [3.63, 3.8) is 0 Å². The van der Waals surface area contributed by atoms with Gasteiger partial charge in [0.2, 0.25) is 0 Å². The van der Waals surface area contributed by atoms with E-state index in [1.54, 1.807) is 11.3 Å². The van der Waals surface area contributed by atoms with E-state index < -0.39 is 0 Å². The molecule has 1 fully saturated rings. The molecular weight excluding hydrogens is 335 g/mol. The van der Waals surface area contributed by atoms with Gasteiger partial charge < -0.3 is 10.6 Å². The summed E-state index contributed by atoms with van der Waals surface area (Å²) in [6.07, 6.45) is 2.21. The predicted octanol–water partition coefficient (Wildman–Crippen LogP) is 2.22. The van der Waals surface area contributed by atoms with Crippen LogP contribution >= 0.6 is 33.9 Å². The van der Waals surface area contributed by atoms with Crippen LogP contribution in [0, 0.1) is 2.88 Å². The minimum atomic E-state index is 0.0553. The minimum absolute atomic E-state index is 0.0553.